The van der Waals surface area contributed by atoms with E-state index in [2.05, 4.69) is 15.2 Å². The van der Waals surface area contributed by atoms with Gasteiger partial charge in [0.15, 0.2) is 22.4 Å². The van der Waals surface area contributed by atoms with E-state index >= 15 is 0 Å². The van der Waals surface area contributed by atoms with Gasteiger partial charge < -0.3 is 14.8 Å². The quantitative estimate of drug-likeness (QED) is 0.776. The number of fused-ring (bicyclic) bond motifs is 1. The number of ketones is 1. The van der Waals surface area contributed by atoms with Gasteiger partial charge >= 0.3 is 0 Å². The van der Waals surface area contributed by atoms with Gasteiger partial charge in [0.25, 0.3) is 0 Å². The molecular weight excluding hydrogens is 378 g/mol. The number of likely N-dealkylation sites (tertiary alicyclic amines) is 1. The highest BCUT2D eigenvalue weighted by atomic mass is 32.1. The van der Waals surface area contributed by atoms with Crippen LogP contribution in [0.3, 0.4) is 0 Å². The van der Waals surface area contributed by atoms with Crippen molar-refractivity contribution in [2.45, 2.75) is 25.8 Å². The van der Waals surface area contributed by atoms with Gasteiger partial charge in [-0.2, -0.15) is 0 Å². The van der Waals surface area contributed by atoms with Crippen LogP contribution in [0.1, 0.15) is 30.1 Å². The van der Waals surface area contributed by atoms with E-state index in [1.807, 2.05) is 24.4 Å². The molecule has 3 heterocycles. The van der Waals surface area contributed by atoms with Gasteiger partial charge in [0.1, 0.15) is 13.2 Å². The molecule has 8 heteroatoms. The van der Waals surface area contributed by atoms with Gasteiger partial charge in [-0.15, -0.1) is 11.3 Å². The molecule has 1 atom stereocenters. The van der Waals surface area contributed by atoms with Crippen molar-refractivity contribution >= 4 is 28.2 Å². The second-order valence-corrected chi connectivity index (χ2v) is 7.93. The number of hydrogen-bond donors (Lipinski definition) is 1. The molecule has 1 aromatic heterocycles. The molecule has 28 heavy (non-hydrogen) atoms. The SMILES string of the molecule is CC(C(=O)Nc1nccs1)N1CCC(C(=O)c2ccc3c(c2)OCCO3)CC1. The number of nitrogens with zero attached hydrogens (tertiary/aromatic N) is 2. The van der Waals surface area contributed by atoms with Crippen molar-refractivity contribution in [3.8, 4) is 11.5 Å². The minimum atomic E-state index is -0.255. The topological polar surface area (TPSA) is 80.8 Å². The fraction of sp³-hybridized carbons (Fsp3) is 0.450. The second kappa shape index (κ2) is 8.28. The number of carbonyl (C=O) groups is 2. The Morgan fingerprint density at radius 2 is 1.96 bits per heavy atom. The number of hydrogen-bond acceptors (Lipinski definition) is 7. The average Bonchev–Trinajstić information content (AvgIpc) is 3.25. The average molecular weight is 401 g/mol. The van der Waals surface area contributed by atoms with Gasteiger partial charge in [-0.3, -0.25) is 14.5 Å². The summed E-state index contributed by atoms with van der Waals surface area (Å²) in [6, 6.07) is 5.15. The monoisotopic (exact) mass is 401 g/mol. The number of Topliss-reactive ketones (excluding diaryl/α,β-unsaturated/α-hetero) is 1. The lowest BCUT2D eigenvalue weighted by atomic mass is 9.88. The number of rotatable bonds is 5. The van der Waals surface area contributed by atoms with Crippen LogP contribution in [0.2, 0.25) is 0 Å². The van der Waals surface area contributed by atoms with E-state index < -0.39 is 0 Å². The molecule has 1 N–H and O–H groups in total. The minimum absolute atomic E-state index is 0.0342. The summed E-state index contributed by atoms with van der Waals surface area (Å²) >= 11 is 1.40. The van der Waals surface area contributed by atoms with Crippen molar-refractivity contribution in [2.75, 3.05) is 31.6 Å². The molecule has 2 aliphatic rings. The Labute approximate surface area is 167 Å². The summed E-state index contributed by atoms with van der Waals surface area (Å²) in [5.74, 6) is 1.37. The fourth-order valence-corrected chi connectivity index (χ4v) is 4.17. The molecule has 4 rings (SSSR count). The molecule has 1 fully saturated rings. The number of amides is 1. The number of carbonyl (C=O) groups excluding carboxylic acids is 2. The number of benzene rings is 1. The van der Waals surface area contributed by atoms with Crippen molar-refractivity contribution in [1.29, 1.82) is 0 Å². The zero-order valence-electron chi connectivity index (χ0n) is 15.7. The zero-order valence-corrected chi connectivity index (χ0v) is 16.5. The summed E-state index contributed by atoms with van der Waals surface area (Å²) in [5.41, 5.74) is 0.664. The predicted octanol–water partition coefficient (Wildman–Crippen LogP) is 2.84. The van der Waals surface area contributed by atoms with E-state index in [0.29, 0.717) is 48.5 Å². The van der Waals surface area contributed by atoms with Gasteiger partial charge in [-0.1, -0.05) is 0 Å². The Morgan fingerprint density at radius 3 is 2.68 bits per heavy atom. The largest absolute Gasteiger partial charge is 0.486 e. The molecule has 0 radical (unpaired) electrons. The summed E-state index contributed by atoms with van der Waals surface area (Å²) in [4.78, 5) is 31.5. The normalized spacial score (nSPS) is 18.5. The van der Waals surface area contributed by atoms with Crippen LogP contribution in [0.4, 0.5) is 5.13 Å². The number of anilines is 1. The van der Waals surface area contributed by atoms with Crippen molar-refractivity contribution in [3.63, 3.8) is 0 Å². The van der Waals surface area contributed by atoms with E-state index in [1.165, 1.54) is 11.3 Å². The Kier molecular flexibility index (Phi) is 5.59. The van der Waals surface area contributed by atoms with Crippen molar-refractivity contribution in [1.82, 2.24) is 9.88 Å². The van der Waals surface area contributed by atoms with Gasteiger partial charge in [0, 0.05) is 23.1 Å². The summed E-state index contributed by atoms with van der Waals surface area (Å²) in [7, 11) is 0. The Morgan fingerprint density at radius 1 is 1.21 bits per heavy atom. The first-order valence-electron chi connectivity index (χ1n) is 9.50. The highest BCUT2D eigenvalue weighted by Crippen LogP contribution is 2.32. The number of ether oxygens (including phenoxy) is 2. The maximum absolute atomic E-state index is 12.9. The highest BCUT2D eigenvalue weighted by Gasteiger charge is 2.31. The van der Waals surface area contributed by atoms with Crippen LogP contribution in [0.15, 0.2) is 29.8 Å². The minimum Gasteiger partial charge on any atom is -0.486 e. The van der Waals surface area contributed by atoms with Crippen molar-refractivity contribution in [3.05, 3.63) is 35.3 Å². The standard InChI is InChI=1S/C20H23N3O4S/c1-13(19(25)22-20-21-6-11-28-20)23-7-4-14(5-8-23)18(24)15-2-3-16-17(12-15)27-10-9-26-16/h2-3,6,11-14H,4-5,7-10H2,1H3,(H,21,22,25). The summed E-state index contributed by atoms with van der Waals surface area (Å²) in [6.45, 7) is 4.36. The molecule has 0 saturated carbocycles. The van der Waals surface area contributed by atoms with Crippen LogP contribution in [0, 0.1) is 5.92 Å². The lowest BCUT2D eigenvalue weighted by molar-refractivity contribution is -0.121. The van der Waals surface area contributed by atoms with Gasteiger partial charge in [0.2, 0.25) is 5.91 Å². The summed E-state index contributed by atoms with van der Waals surface area (Å²) in [5, 5.41) is 5.28. The zero-order chi connectivity index (χ0) is 19.5. The lowest BCUT2D eigenvalue weighted by Crippen LogP contribution is -2.47. The predicted molar refractivity (Wildman–Crippen MR) is 106 cm³/mol. The maximum Gasteiger partial charge on any atom is 0.243 e. The van der Waals surface area contributed by atoms with Crippen LogP contribution in [-0.2, 0) is 4.79 Å². The lowest BCUT2D eigenvalue weighted by Gasteiger charge is -2.34. The highest BCUT2D eigenvalue weighted by molar-refractivity contribution is 7.13. The molecule has 0 bridgehead atoms. The Balaban J connectivity index is 1.33. The van der Waals surface area contributed by atoms with E-state index in [1.54, 1.807) is 12.3 Å². The molecule has 1 aromatic carbocycles. The van der Waals surface area contributed by atoms with E-state index in [4.69, 9.17) is 9.47 Å². The molecule has 7 nitrogen and oxygen atoms in total. The van der Waals surface area contributed by atoms with Crippen LogP contribution in [-0.4, -0.2) is 53.9 Å². The van der Waals surface area contributed by atoms with Gasteiger partial charge in [0.05, 0.1) is 6.04 Å². The van der Waals surface area contributed by atoms with Crippen LogP contribution < -0.4 is 14.8 Å². The molecule has 1 saturated heterocycles. The number of thiazole rings is 1. The van der Waals surface area contributed by atoms with Crippen molar-refractivity contribution < 1.29 is 19.1 Å². The molecule has 1 amide bonds. The first-order chi connectivity index (χ1) is 13.6. The third-order valence-corrected chi connectivity index (χ3v) is 6.01. The number of nitrogens with one attached hydrogen (secondary N) is 1. The first-order valence-corrected chi connectivity index (χ1v) is 10.4. The van der Waals surface area contributed by atoms with E-state index in [9.17, 15) is 9.59 Å². The maximum atomic E-state index is 12.9. The number of piperidine rings is 1. The van der Waals surface area contributed by atoms with Crippen LogP contribution >= 0.6 is 11.3 Å². The molecule has 1 unspecified atom stereocenters. The summed E-state index contributed by atoms with van der Waals surface area (Å²) < 4.78 is 11.1. The molecule has 0 aliphatic carbocycles. The molecule has 2 aliphatic heterocycles. The third-order valence-electron chi connectivity index (χ3n) is 5.32. The molecule has 0 spiro atoms. The van der Waals surface area contributed by atoms with Gasteiger partial charge in [-0.05, 0) is 51.1 Å². The Hall–Kier alpha value is -2.45. The Bertz CT molecular complexity index is 847. The van der Waals surface area contributed by atoms with Crippen LogP contribution in [0.25, 0.3) is 0 Å². The molecule has 148 valence electrons. The van der Waals surface area contributed by atoms with Crippen LogP contribution in [0.5, 0.6) is 11.5 Å². The van der Waals surface area contributed by atoms with Crippen molar-refractivity contribution in [2.24, 2.45) is 5.92 Å². The molecular formula is C20H23N3O4S. The van der Waals surface area contributed by atoms with E-state index in [0.717, 1.165) is 12.8 Å². The first kappa shape index (κ1) is 18.9. The fourth-order valence-electron chi connectivity index (χ4n) is 3.64. The van der Waals surface area contributed by atoms with E-state index in [-0.39, 0.29) is 23.7 Å². The third kappa shape index (κ3) is 4.02. The smallest absolute Gasteiger partial charge is 0.243 e. The number of aromatic nitrogens is 1. The summed E-state index contributed by atoms with van der Waals surface area (Å²) in [6.07, 6.45) is 3.14. The van der Waals surface area contributed by atoms with Gasteiger partial charge in [-0.25, -0.2) is 4.98 Å². The molecule has 2 aromatic rings. The second-order valence-electron chi connectivity index (χ2n) is 7.04.